The molecular formula is C14H17N5O2. The van der Waals surface area contributed by atoms with Gasteiger partial charge in [-0.05, 0) is 13.0 Å². The summed E-state index contributed by atoms with van der Waals surface area (Å²) in [6, 6.07) is 1.83. The highest BCUT2D eigenvalue weighted by molar-refractivity contribution is 5.90. The zero-order valence-electron chi connectivity index (χ0n) is 12.1. The molecule has 0 spiro atoms. The molecule has 21 heavy (non-hydrogen) atoms. The number of imidazole rings is 1. The van der Waals surface area contributed by atoms with Gasteiger partial charge in [0.2, 0.25) is 0 Å². The molecule has 3 heterocycles. The Kier molecular flexibility index (Phi) is 3.66. The summed E-state index contributed by atoms with van der Waals surface area (Å²) < 4.78 is 7.46. The maximum Gasteiger partial charge on any atom is 0.290 e. The number of morpholine rings is 1. The average molecular weight is 287 g/mol. The van der Waals surface area contributed by atoms with E-state index in [0.717, 1.165) is 5.69 Å². The summed E-state index contributed by atoms with van der Waals surface area (Å²) in [5, 5.41) is 0. The number of aromatic nitrogens is 4. The van der Waals surface area contributed by atoms with Gasteiger partial charge in [-0.15, -0.1) is 0 Å². The van der Waals surface area contributed by atoms with Gasteiger partial charge < -0.3 is 14.2 Å². The number of ether oxygens (including phenoxy) is 1. The summed E-state index contributed by atoms with van der Waals surface area (Å²) in [6.07, 6.45) is 4.88. The number of amides is 1. The van der Waals surface area contributed by atoms with E-state index in [1.807, 2.05) is 20.0 Å². The normalized spacial score (nSPS) is 18.8. The quantitative estimate of drug-likeness (QED) is 0.814. The minimum absolute atomic E-state index is 0.0819. The predicted molar refractivity (Wildman–Crippen MR) is 74.6 cm³/mol. The van der Waals surface area contributed by atoms with Crippen molar-refractivity contribution in [1.82, 2.24) is 24.4 Å². The molecule has 1 fully saturated rings. The third-order valence-corrected chi connectivity index (χ3v) is 3.49. The van der Waals surface area contributed by atoms with Crippen LogP contribution in [0.2, 0.25) is 0 Å². The van der Waals surface area contributed by atoms with Crippen molar-refractivity contribution in [2.45, 2.75) is 13.0 Å². The lowest BCUT2D eigenvalue weighted by atomic mass is 10.2. The van der Waals surface area contributed by atoms with Crippen LogP contribution in [0.15, 0.2) is 24.7 Å². The van der Waals surface area contributed by atoms with Crippen molar-refractivity contribution in [2.75, 3.05) is 19.7 Å². The standard InChI is InChI=1S/C14H17N5O2/c1-10-15-4-3-11(17-10)12-9-19(7-8-21-12)14(20)13-16-5-6-18(13)2/h3-6,12H,7-9H2,1-2H3/t12-/m1/s1. The van der Waals surface area contributed by atoms with Gasteiger partial charge in [0, 0.05) is 32.2 Å². The Morgan fingerprint density at radius 1 is 1.38 bits per heavy atom. The van der Waals surface area contributed by atoms with Crippen molar-refractivity contribution in [3.05, 3.63) is 42.0 Å². The molecule has 0 bridgehead atoms. The van der Waals surface area contributed by atoms with E-state index in [-0.39, 0.29) is 12.0 Å². The number of aryl methyl sites for hydroxylation is 2. The molecule has 0 saturated carbocycles. The summed E-state index contributed by atoms with van der Waals surface area (Å²) in [5.41, 5.74) is 0.805. The van der Waals surface area contributed by atoms with Crippen LogP contribution >= 0.6 is 0 Å². The maximum atomic E-state index is 12.5. The van der Waals surface area contributed by atoms with E-state index in [9.17, 15) is 4.79 Å². The zero-order valence-corrected chi connectivity index (χ0v) is 12.1. The first-order valence-electron chi connectivity index (χ1n) is 6.83. The van der Waals surface area contributed by atoms with E-state index in [2.05, 4.69) is 15.0 Å². The Labute approximate surface area is 122 Å². The van der Waals surface area contributed by atoms with Crippen LogP contribution in [0.1, 0.15) is 28.2 Å². The minimum atomic E-state index is -0.218. The van der Waals surface area contributed by atoms with Crippen LogP contribution in [0.5, 0.6) is 0 Å². The molecular weight excluding hydrogens is 270 g/mol. The summed E-state index contributed by atoms with van der Waals surface area (Å²) in [4.78, 5) is 26.8. The topological polar surface area (TPSA) is 73.1 Å². The first-order valence-corrected chi connectivity index (χ1v) is 6.83. The van der Waals surface area contributed by atoms with Gasteiger partial charge >= 0.3 is 0 Å². The number of rotatable bonds is 2. The average Bonchev–Trinajstić information content (AvgIpc) is 2.93. The predicted octanol–water partition coefficient (Wildman–Crippen LogP) is 0.732. The molecule has 1 atom stereocenters. The van der Waals surface area contributed by atoms with Crippen LogP contribution < -0.4 is 0 Å². The highest BCUT2D eigenvalue weighted by Crippen LogP contribution is 2.21. The molecule has 2 aromatic heterocycles. The zero-order chi connectivity index (χ0) is 14.8. The van der Waals surface area contributed by atoms with Gasteiger partial charge in [0.15, 0.2) is 5.82 Å². The number of carbonyl (C=O) groups is 1. The van der Waals surface area contributed by atoms with Crippen molar-refractivity contribution in [3.63, 3.8) is 0 Å². The third-order valence-electron chi connectivity index (χ3n) is 3.49. The number of hydrogen-bond acceptors (Lipinski definition) is 5. The molecule has 1 amide bonds. The highest BCUT2D eigenvalue weighted by Gasteiger charge is 2.28. The summed E-state index contributed by atoms with van der Waals surface area (Å²) in [5.74, 6) is 1.06. The maximum absolute atomic E-state index is 12.5. The Morgan fingerprint density at radius 3 is 2.95 bits per heavy atom. The van der Waals surface area contributed by atoms with E-state index in [1.54, 1.807) is 28.1 Å². The molecule has 110 valence electrons. The second-order valence-corrected chi connectivity index (χ2v) is 5.00. The van der Waals surface area contributed by atoms with Crippen LogP contribution in [-0.2, 0) is 11.8 Å². The number of hydrogen-bond donors (Lipinski definition) is 0. The molecule has 0 aromatic carbocycles. The van der Waals surface area contributed by atoms with Crippen molar-refractivity contribution >= 4 is 5.91 Å². The molecule has 7 heteroatoms. The van der Waals surface area contributed by atoms with E-state index < -0.39 is 0 Å². The largest absolute Gasteiger partial charge is 0.368 e. The lowest BCUT2D eigenvalue weighted by molar-refractivity contribution is -0.0253. The molecule has 1 saturated heterocycles. The van der Waals surface area contributed by atoms with Crippen LogP contribution in [0, 0.1) is 6.92 Å². The van der Waals surface area contributed by atoms with Gasteiger partial charge in [-0.2, -0.15) is 0 Å². The SMILES string of the molecule is Cc1nccc([C@H]2CN(C(=O)c3nccn3C)CCO2)n1. The fraction of sp³-hybridized carbons (Fsp3) is 0.429. The minimum Gasteiger partial charge on any atom is -0.368 e. The Morgan fingerprint density at radius 2 is 2.24 bits per heavy atom. The van der Waals surface area contributed by atoms with Crippen LogP contribution in [0.25, 0.3) is 0 Å². The van der Waals surface area contributed by atoms with Crippen LogP contribution in [0.3, 0.4) is 0 Å². The van der Waals surface area contributed by atoms with Gasteiger partial charge in [0.25, 0.3) is 5.91 Å². The van der Waals surface area contributed by atoms with E-state index in [0.29, 0.717) is 31.3 Å². The second-order valence-electron chi connectivity index (χ2n) is 5.00. The van der Waals surface area contributed by atoms with Gasteiger partial charge in [0.1, 0.15) is 11.9 Å². The third kappa shape index (κ3) is 2.78. The van der Waals surface area contributed by atoms with Gasteiger partial charge in [-0.3, -0.25) is 4.79 Å². The Balaban J connectivity index is 1.77. The second kappa shape index (κ2) is 5.61. The molecule has 1 aliphatic heterocycles. The smallest absolute Gasteiger partial charge is 0.290 e. The van der Waals surface area contributed by atoms with Crippen LogP contribution in [-0.4, -0.2) is 50.0 Å². The molecule has 2 aromatic rings. The van der Waals surface area contributed by atoms with Gasteiger partial charge in [-0.25, -0.2) is 15.0 Å². The molecule has 7 nitrogen and oxygen atoms in total. The summed E-state index contributed by atoms with van der Waals surface area (Å²) in [7, 11) is 1.81. The van der Waals surface area contributed by atoms with Crippen molar-refractivity contribution in [3.8, 4) is 0 Å². The fourth-order valence-electron chi connectivity index (χ4n) is 2.38. The number of carbonyl (C=O) groups excluding carboxylic acids is 1. The fourth-order valence-corrected chi connectivity index (χ4v) is 2.38. The Bertz CT molecular complexity index is 654. The molecule has 0 radical (unpaired) electrons. The first-order chi connectivity index (χ1) is 10.1. The van der Waals surface area contributed by atoms with Crippen LogP contribution in [0.4, 0.5) is 0 Å². The van der Waals surface area contributed by atoms with Crippen molar-refractivity contribution in [1.29, 1.82) is 0 Å². The van der Waals surface area contributed by atoms with E-state index in [1.165, 1.54) is 0 Å². The lowest BCUT2D eigenvalue weighted by Crippen LogP contribution is -2.43. The lowest BCUT2D eigenvalue weighted by Gasteiger charge is -2.32. The monoisotopic (exact) mass is 287 g/mol. The molecule has 0 unspecified atom stereocenters. The first kappa shape index (κ1) is 13.7. The highest BCUT2D eigenvalue weighted by atomic mass is 16.5. The number of nitrogens with zero attached hydrogens (tertiary/aromatic N) is 5. The van der Waals surface area contributed by atoms with E-state index >= 15 is 0 Å². The summed E-state index contributed by atoms with van der Waals surface area (Å²) in [6.45, 7) is 3.36. The van der Waals surface area contributed by atoms with E-state index in [4.69, 9.17) is 4.74 Å². The van der Waals surface area contributed by atoms with Gasteiger partial charge in [-0.1, -0.05) is 0 Å². The molecule has 0 aliphatic carbocycles. The summed E-state index contributed by atoms with van der Waals surface area (Å²) >= 11 is 0. The van der Waals surface area contributed by atoms with Crippen molar-refractivity contribution < 1.29 is 9.53 Å². The molecule has 0 N–H and O–H groups in total. The molecule has 1 aliphatic rings. The van der Waals surface area contributed by atoms with Gasteiger partial charge in [0.05, 0.1) is 18.8 Å². The molecule has 3 rings (SSSR count). The van der Waals surface area contributed by atoms with Crippen molar-refractivity contribution in [2.24, 2.45) is 7.05 Å². The Hall–Kier alpha value is -2.28.